The first kappa shape index (κ1) is 24.0. The molecule has 0 radical (unpaired) electrons. The third kappa shape index (κ3) is 10.2. The Morgan fingerprint density at radius 2 is 1.38 bits per heavy atom. The van der Waals surface area contributed by atoms with Gasteiger partial charge in [-0.25, -0.2) is 0 Å². The lowest BCUT2D eigenvalue weighted by Crippen LogP contribution is -2.09. The van der Waals surface area contributed by atoms with Crippen molar-refractivity contribution in [2.75, 3.05) is 6.61 Å². The molecule has 1 aromatic carbocycles. The molecule has 1 rings (SSSR count). The van der Waals surface area contributed by atoms with E-state index in [0.29, 0.717) is 6.61 Å². The second-order valence-electron chi connectivity index (χ2n) is 6.52. The molecule has 0 atom stereocenters. The first-order valence-corrected chi connectivity index (χ1v) is 9.57. The van der Waals surface area contributed by atoms with Gasteiger partial charge in [-0.1, -0.05) is 32.6 Å². The molecule has 0 saturated carbocycles. The van der Waals surface area contributed by atoms with Crippen molar-refractivity contribution in [2.45, 2.75) is 64.9 Å². The number of non-ortho nitro benzene ring substituents is 2. The van der Waals surface area contributed by atoms with Crippen molar-refractivity contribution < 1.29 is 28.9 Å². The Balaban J connectivity index is 2.31. The third-order valence-corrected chi connectivity index (χ3v) is 4.06. The summed E-state index contributed by atoms with van der Waals surface area (Å²) in [5.74, 6) is -0.978. The maximum atomic E-state index is 11.8. The van der Waals surface area contributed by atoms with Crippen molar-refractivity contribution in [1.29, 1.82) is 0 Å². The van der Waals surface area contributed by atoms with E-state index >= 15 is 0 Å². The van der Waals surface area contributed by atoms with Crippen molar-refractivity contribution in [2.24, 2.45) is 0 Å². The van der Waals surface area contributed by atoms with Gasteiger partial charge in [-0.2, -0.15) is 0 Å². The zero-order chi connectivity index (χ0) is 21.6. The summed E-state index contributed by atoms with van der Waals surface area (Å²) < 4.78 is 10.1. The quantitative estimate of drug-likeness (QED) is 0.192. The molecule has 0 heterocycles. The van der Waals surface area contributed by atoms with Crippen LogP contribution in [-0.2, 0) is 25.7 Å². The fourth-order valence-corrected chi connectivity index (χ4v) is 2.53. The van der Waals surface area contributed by atoms with Crippen LogP contribution in [0.5, 0.6) is 0 Å². The Morgan fingerprint density at radius 1 is 0.828 bits per heavy atom. The van der Waals surface area contributed by atoms with Crippen molar-refractivity contribution in [3.63, 3.8) is 0 Å². The minimum Gasteiger partial charge on any atom is -0.466 e. The second kappa shape index (κ2) is 13.2. The smallest absolute Gasteiger partial charge is 0.306 e. The summed E-state index contributed by atoms with van der Waals surface area (Å²) in [4.78, 5) is 43.5. The molecule has 0 N–H and O–H groups in total. The number of nitrogens with zero attached hydrogens (tertiary/aromatic N) is 2. The molecule has 1 aromatic rings. The monoisotopic (exact) mass is 410 g/mol. The highest BCUT2D eigenvalue weighted by Gasteiger charge is 2.17. The van der Waals surface area contributed by atoms with E-state index in [1.54, 1.807) is 0 Å². The average molecular weight is 410 g/mol. The standard InChI is InChI=1S/C19H26N2O8/c1-2-3-4-5-6-10-28-18(22)8-7-9-19(23)29-14-15-11-16(20(24)25)13-17(12-15)21(26)27/h11-13H,2-10,14H2,1H3. The molecule has 0 bridgehead atoms. The Morgan fingerprint density at radius 3 is 1.93 bits per heavy atom. The van der Waals surface area contributed by atoms with Gasteiger partial charge in [-0.3, -0.25) is 29.8 Å². The van der Waals surface area contributed by atoms with E-state index in [2.05, 4.69) is 6.92 Å². The summed E-state index contributed by atoms with van der Waals surface area (Å²) >= 11 is 0. The lowest BCUT2D eigenvalue weighted by molar-refractivity contribution is -0.394. The third-order valence-electron chi connectivity index (χ3n) is 4.06. The van der Waals surface area contributed by atoms with Crippen LogP contribution in [-0.4, -0.2) is 28.4 Å². The number of carbonyl (C=O) groups is 2. The van der Waals surface area contributed by atoms with Crippen molar-refractivity contribution in [3.8, 4) is 0 Å². The van der Waals surface area contributed by atoms with E-state index in [1.807, 2.05) is 0 Å². The number of ether oxygens (including phenoxy) is 2. The molecule has 0 aliphatic rings. The van der Waals surface area contributed by atoms with Crippen LogP contribution in [0.15, 0.2) is 18.2 Å². The molecule has 0 saturated heterocycles. The van der Waals surface area contributed by atoms with Gasteiger partial charge in [0.25, 0.3) is 11.4 Å². The largest absolute Gasteiger partial charge is 0.466 e. The van der Waals surface area contributed by atoms with E-state index in [4.69, 9.17) is 9.47 Å². The summed E-state index contributed by atoms with van der Waals surface area (Å²) in [6.45, 7) is 2.17. The number of carbonyl (C=O) groups excluding carboxylic acids is 2. The zero-order valence-electron chi connectivity index (χ0n) is 16.5. The highest BCUT2D eigenvalue weighted by Crippen LogP contribution is 2.23. The number of benzene rings is 1. The predicted molar refractivity (Wildman–Crippen MR) is 103 cm³/mol. The van der Waals surface area contributed by atoms with Crippen LogP contribution in [0.4, 0.5) is 11.4 Å². The maximum absolute atomic E-state index is 11.8. The highest BCUT2D eigenvalue weighted by molar-refractivity contribution is 5.72. The molecule has 29 heavy (non-hydrogen) atoms. The van der Waals surface area contributed by atoms with Gasteiger partial charge >= 0.3 is 11.9 Å². The molecule has 10 heteroatoms. The molecule has 0 amide bonds. The molecule has 0 fully saturated rings. The van der Waals surface area contributed by atoms with Crippen LogP contribution in [0.2, 0.25) is 0 Å². The van der Waals surface area contributed by atoms with Gasteiger partial charge in [0.05, 0.1) is 22.5 Å². The normalized spacial score (nSPS) is 10.4. The highest BCUT2D eigenvalue weighted by atomic mass is 16.6. The SMILES string of the molecule is CCCCCCCOC(=O)CCCC(=O)OCc1cc([N+](=O)[O-])cc([N+](=O)[O-])c1. The molecular weight excluding hydrogens is 384 g/mol. The summed E-state index contributed by atoms with van der Waals surface area (Å²) in [5, 5.41) is 21.7. The van der Waals surface area contributed by atoms with Crippen molar-refractivity contribution >= 4 is 23.3 Å². The lowest BCUT2D eigenvalue weighted by atomic mass is 10.2. The fourth-order valence-electron chi connectivity index (χ4n) is 2.53. The number of unbranched alkanes of at least 4 members (excludes halogenated alkanes) is 4. The van der Waals surface area contributed by atoms with Gasteiger partial charge in [-0.15, -0.1) is 0 Å². The van der Waals surface area contributed by atoms with Crippen LogP contribution in [0.1, 0.15) is 63.9 Å². The van der Waals surface area contributed by atoms with Crippen molar-refractivity contribution in [1.82, 2.24) is 0 Å². The van der Waals surface area contributed by atoms with Gasteiger partial charge in [-0.05, 0) is 12.8 Å². The Bertz CT molecular complexity index is 688. The molecule has 160 valence electrons. The van der Waals surface area contributed by atoms with Crippen LogP contribution in [0.25, 0.3) is 0 Å². The first-order valence-electron chi connectivity index (χ1n) is 9.57. The Labute approximate surface area is 168 Å². The zero-order valence-corrected chi connectivity index (χ0v) is 16.5. The summed E-state index contributed by atoms with van der Waals surface area (Å²) in [6, 6.07) is 3.05. The predicted octanol–water partition coefficient (Wildman–Crippen LogP) is 4.23. The van der Waals surface area contributed by atoms with Gasteiger partial charge in [0.2, 0.25) is 0 Å². The molecule has 0 spiro atoms. The number of rotatable bonds is 14. The maximum Gasteiger partial charge on any atom is 0.306 e. The summed E-state index contributed by atoms with van der Waals surface area (Å²) in [5.41, 5.74) is -0.771. The number of hydrogen-bond donors (Lipinski definition) is 0. The van der Waals surface area contributed by atoms with E-state index < -0.39 is 27.2 Å². The van der Waals surface area contributed by atoms with Crippen molar-refractivity contribution in [3.05, 3.63) is 44.0 Å². The summed E-state index contributed by atoms with van der Waals surface area (Å²) in [7, 11) is 0. The molecular formula is C19H26N2O8. The lowest BCUT2D eigenvalue weighted by Gasteiger charge is -2.06. The molecule has 10 nitrogen and oxygen atoms in total. The Kier molecular flexibility index (Phi) is 10.9. The Hall–Kier alpha value is -3.04. The van der Waals surface area contributed by atoms with E-state index in [-0.39, 0.29) is 37.4 Å². The van der Waals surface area contributed by atoms with Crippen LogP contribution in [0, 0.1) is 20.2 Å². The first-order chi connectivity index (χ1) is 13.8. The topological polar surface area (TPSA) is 139 Å². The summed E-state index contributed by atoms with van der Waals surface area (Å²) in [6.07, 6.45) is 5.59. The second-order valence-corrected chi connectivity index (χ2v) is 6.52. The minimum atomic E-state index is -0.756. The molecule has 0 aliphatic carbocycles. The van der Waals surface area contributed by atoms with Gasteiger partial charge in [0.1, 0.15) is 6.61 Å². The molecule has 0 aliphatic heterocycles. The van der Waals surface area contributed by atoms with Gasteiger partial charge < -0.3 is 9.47 Å². The van der Waals surface area contributed by atoms with Crippen LogP contribution >= 0.6 is 0 Å². The average Bonchev–Trinajstić information content (AvgIpc) is 2.68. The number of esters is 2. The van der Waals surface area contributed by atoms with Gasteiger partial charge in [0.15, 0.2) is 0 Å². The fraction of sp³-hybridized carbons (Fsp3) is 0.579. The van der Waals surface area contributed by atoms with Gasteiger partial charge in [0, 0.05) is 30.5 Å². The van der Waals surface area contributed by atoms with Crippen LogP contribution < -0.4 is 0 Å². The number of nitro groups is 2. The van der Waals surface area contributed by atoms with E-state index in [0.717, 1.165) is 43.9 Å². The van der Waals surface area contributed by atoms with E-state index in [9.17, 15) is 29.8 Å². The van der Waals surface area contributed by atoms with E-state index in [1.165, 1.54) is 6.42 Å². The van der Waals surface area contributed by atoms with Crippen LogP contribution in [0.3, 0.4) is 0 Å². The molecule has 0 aromatic heterocycles. The minimum absolute atomic E-state index is 0.0252. The number of nitro benzene ring substituents is 2. The number of hydrogen-bond acceptors (Lipinski definition) is 8. The molecule has 0 unspecified atom stereocenters.